The Labute approximate surface area is 97.8 Å². The van der Waals surface area contributed by atoms with E-state index in [0.29, 0.717) is 0 Å². The van der Waals surface area contributed by atoms with E-state index in [0.717, 1.165) is 23.9 Å². The van der Waals surface area contributed by atoms with E-state index in [1.807, 2.05) is 0 Å². The number of rotatable bonds is 4. The number of methoxy groups -OCH3 is 1. The molecule has 15 heavy (non-hydrogen) atoms. The molecule has 0 saturated carbocycles. The van der Waals surface area contributed by atoms with Crippen LogP contribution in [0.15, 0.2) is 28.9 Å². The Balaban J connectivity index is 2.23. The Morgan fingerprint density at radius 2 is 2.27 bits per heavy atom. The average Bonchev–Trinajstić information content (AvgIpc) is 2.62. The van der Waals surface area contributed by atoms with Crippen LogP contribution in [0.2, 0.25) is 0 Å². The molecule has 0 unspecified atom stereocenters. The molecule has 0 saturated heterocycles. The molecule has 0 atom stereocenters. The Bertz CT molecular complexity index is 450. The van der Waals surface area contributed by atoms with Crippen molar-refractivity contribution < 1.29 is 4.74 Å². The number of aromatic amines is 1. The van der Waals surface area contributed by atoms with Crippen LogP contribution in [0, 0.1) is 0 Å². The average molecular weight is 268 g/mol. The number of benzene rings is 1. The second kappa shape index (κ2) is 4.81. The summed E-state index contributed by atoms with van der Waals surface area (Å²) in [5, 5.41) is 1.31. The molecule has 3 heteroatoms. The van der Waals surface area contributed by atoms with Crippen molar-refractivity contribution in [3.8, 4) is 0 Å². The largest absolute Gasteiger partial charge is 0.385 e. The fourth-order valence-electron chi connectivity index (χ4n) is 1.76. The van der Waals surface area contributed by atoms with Crippen LogP contribution >= 0.6 is 15.9 Å². The number of ether oxygens (including phenoxy) is 1. The van der Waals surface area contributed by atoms with Gasteiger partial charge >= 0.3 is 0 Å². The highest BCUT2D eigenvalue weighted by molar-refractivity contribution is 9.10. The molecule has 0 aliphatic carbocycles. The molecule has 2 aromatic rings. The van der Waals surface area contributed by atoms with Gasteiger partial charge in [0.05, 0.1) is 0 Å². The SMILES string of the molecule is COCCCc1c[nH]c2ccc(Br)cc12. The van der Waals surface area contributed by atoms with Crippen LogP contribution in [0.4, 0.5) is 0 Å². The fraction of sp³-hybridized carbons (Fsp3) is 0.333. The summed E-state index contributed by atoms with van der Waals surface area (Å²) in [4.78, 5) is 3.28. The highest BCUT2D eigenvalue weighted by Crippen LogP contribution is 2.23. The quantitative estimate of drug-likeness (QED) is 0.843. The lowest BCUT2D eigenvalue weighted by atomic mass is 10.1. The fourth-order valence-corrected chi connectivity index (χ4v) is 2.13. The number of aromatic nitrogens is 1. The summed E-state index contributed by atoms with van der Waals surface area (Å²) in [7, 11) is 1.74. The maximum Gasteiger partial charge on any atom is 0.0465 e. The van der Waals surface area contributed by atoms with Crippen molar-refractivity contribution in [2.75, 3.05) is 13.7 Å². The molecule has 0 fully saturated rings. The number of aryl methyl sites for hydroxylation is 1. The van der Waals surface area contributed by atoms with E-state index in [4.69, 9.17) is 4.74 Å². The lowest BCUT2D eigenvalue weighted by Crippen LogP contribution is -1.91. The van der Waals surface area contributed by atoms with Gasteiger partial charge in [-0.25, -0.2) is 0 Å². The molecular weight excluding hydrogens is 254 g/mol. The standard InChI is InChI=1S/C12H14BrNO/c1-15-6-2-3-9-8-14-12-5-4-10(13)7-11(9)12/h4-5,7-8,14H,2-3,6H2,1H3. The van der Waals surface area contributed by atoms with Crippen LogP contribution in [-0.4, -0.2) is 18.7 Å². The van der Waals surface area contributed by atoms with Gasteiger partial charge in [0.25, 0.3) is 0 Å². The summed E-state index contributed by atoms with van der Waals surface area (Å²) >= 11 is 3.49. The van der Waals surface area contributed by atoms with Crippen molar-refractivity contribution in [1.29, 1.82) is 0 Å². The molecule has 1 aromatic carbocycles. The maximum atomic E-state index is 5.06. The van der Waals surface area contributed by atoms with Crippen molar-refractivity contribution in [2.45, 2.75) is 12.8 Å². The summed E-state index contributed by atoms with van der Waals surface area (Å²) in [5.41, 5.74) is 2.56. The van der Waals surface area contributed by atoms with Gasteiger partial charge in [0.15, 0.2) is 0 Å². The highest BCUT2D eigenvalue weighted by Gasteiger charge is 2.03. The molecular formula is C12H14BrNO. The number of H-pyrrole nitrogens is 1. The van der Waals surface area contributed by atoms with Crippen molar-refractivity contribution in [2.24, 2.45) is 0 Å². The van der Waals surface area contributed by atoms with Crippen molar-refractivity contribution in [3.05, 3.63) is 34.4 Å². The third-order valence-electron chi connectivity index (χ3n) is 2.52. The minimum absolute atomic E-state index is 0.820. The lowest BCUT2D eigenvalue weighted by molar-refractivity contribution is 0.195. The smallest absolute Gasteiger partial charge is 0.0465 e. The molecule has 1 heterocycles. The van der Waals surface area contributed by atoms with Gasteiger partial charge in [-0.05, 0) is 36.6 Å². The molecule has 0 radical (unpaired) electrons. The van der Waals surface area contributed by atoms with E-state index in [-0.39, 0.29) is 0 Å². The van der Waals surface area contributed by atoms with Gasteiger partial charge in [-0.3, -0.25) is 0 Å². The molecule has 2 nitrogen and oxygen atoms in total. The molecule has 0 bridgehead atoms. The van der Waals surface area contributed by atoms with Crippen LogP contribution < -0.4 is 0 Å². The van der Waals surface area contributed by atoms with Crippen molar-refractivity contribution in [3.63, 3.8) is 0 Å². The topological polar surface area (TPSA) is 25.0 Å². The molecule has 0 aliphatic rings. The third kappa shape index (κ3) is 2.41. The second-order valence-electron chi connectivity index (χ2n) is 3.60. The number of hydrogen-bond donors (Lipinski definition) is 1. The summed E-state index contributed by atoms with van der Waals surface area (Å²) in [6.07, 6.45) is 4.22. The molecule has 0 amide bonds. The summed E-state index contributed by atoms with van der Waals surface area (Å²) < 4.78 is 6.18. The monoisotopic (exact) mass is 267 g/mol. The normalized spacial score (nSPS) is 11.1. The van der Waals surface area contributed by atoms with Crippen molar-refractivity contribution in [1.82, 2.24) is 4.98 Å². The first kappa shape index (κ1) is 10.7. The Morgan fingerprint density at radius 3 is 3.07 bits per heavy atom. The van der Waals surface area contributed by atoms with E-state index in [1.54, 1.807) is 7.11 Å². The number of hydrogen-bond acceptors (Lipinski definition) is 1. The predicted molar refractivity (Wildman–Crippen MR) is 66.2 cm³/mol. The van der Waals surface area contributed by atoms with E-state index in [9.17, 15) is 0 Å². The second-order valence-corrected chi connectivity index (χ2v) is 4.52. The van der Waals surface area contributed by atoms with Gasteiger partial charge in [-0.15, -0.1) is 0 Å². The minimum Gasteiger partial charge on any atom is -0.385 e. The first-order valence-corrected chi connectivity index (χ1v) is 5.85. The minimum atomic E-state index is 0.820. The van der Waals surface area contributed by atoms with Crippen molar-refractivity contribution >= 4 is 26.8 Å². The molecule has 1 aromatic heterocycles. The number of nitrogens with one attached hydrogen (secondary N) is 1. The molecule has 80 valence electrons. The molecule has 0 aliphatic heterocycles. The van der Waals surface area contributed by atoms with Gasteiger partial charge in [0, 0.05) is 35.3 Å². The van der Waals surface area contributed by atoms with Crippen LogP contribution in [0.25, 0.3) is 10.9 Å². The van der Waals surface area contributed by atoms with Crippen LogP contribution in [0.5, 0.6) is 0 Å². The maximum absolute atomic E-state index is 5.06. The Morgan fingerprint density at radius 1 is 1.40 bits per heavy atom. The zero-order valence-corrected chi connectivity index (χ0v) is 10.3. The molecule has 2 rings (SSSR count). The van der Waals surface area contributed by atoms with Gasteiger partial charge in [-0.1, -0.05) is 15.9 Å². The van der Waals surface area contributed by atoms with Gasteiger partial charge in [0.2, 0.25) is 0 Å². The van der Waals surface area contributed by atoms with Crippen LogP contribution in [0.1, 0.15) is 12.0 Å². The summed E-state index contributed by atoms with van der Waals surface area (Å²) in [6.45, 7) is 0.820. The summed E-state index contributed by atoms with van der Waals surface area (Å²) in [5.74, 6) is 0. The first-order valence-electron chi connectivity index (χ1n) is 5.05. The molecule has 0 spiro atoms. The van der Waals surface area contributed by atoms with Gasteiger partial charge < -0.3 is 9.72 Å². The van der Waals surface area contributed by atoms with E-state index in [1.165, 1.54) is 16.5 Å². The number of halogens is 1. The van der Waals surface area contributed by atoms with Gasteiger partial charge in [-0.2, -0.15) is 0 Å². The Hall–Kier alpha value is -0.800. The zero-order valence-electron chi connectivity index (χ0n) is 8.72. The zero-order chi connectivity index (χ0) is 10.7. The van der Waals surface area contributed by atoms with Gasteiger partial charge in [0.1, 0.15) is 0 Å². The third-order valence-corrected chi connectivity index (χ3v) is 3.02. The summed E-state index contributed by atoms with van der Waals surface area (Å²) in [6, 6.07) is 6.31. The van der Waals surface area contributed by atoms with E-state index >= 15 is 0 Å². The number of fused-ring (bicyclic) bond motifs is 1. The molecule has 1 N–H and O–H groups in total. The highest BCUT2D eigenvalue weighted by atomic mass is 79.9. The van der Waals surface area contributed by atoms with Crippen LogP contribution in [-0.2, 0) is 11.2 Å². The lowest BCUT2D eigenvalue weighted by Gasteiger charge is -1.99. The van der Waals surface area contributed by atoms with E-state index < -0.39 is 0 Å². The Kier molecular flexibility index (Phi) is 3.44. The predicted octanol–water partition coefficient (Wildman–Crippen LogP) is 3.51. The van der Waals surface area contributed by atoms with Crippen LogP contribution in [0.3, 0.4) is 0 Å². The first-order chi connectivity index (χ1) is 7.31. The van der Waals surface area contributed by atoms with E-state index in [2.05, 4.69) is 45.3 Å².